The molecule has 0 spiro atoms. The molecule has 14 heavy (non-hydrogen) atoms. The first-order chi connectivity index (χ1) is 6.77. The molecule has 0 unspecified atom stereocenters. The number of pyridine rings is 1. The normalized spacial score (nSPS) is 8.57. The van der Waals surface area contributed by atoms with Crippen LogP contribution in [-0.4, -0.2) is 10.7 Å². The van der Waals surface area contributed by atoms with E-state index >= 15 is 0 Å². The first kappa shape index (κ1) is 10.4. The highest BCUT2D eigenvalue weighted by atomic mass is 32.1. The number of thiol groups is 1. The summed E-state index contributed by atoms with van der Waals surface area (Å²) in [5.74, 6) is 6.75. The van der Waals surface area contributed by atoms with Crippen molar-refractivity contribution in [1.82, 2.24) is 4.98 Å². The third-order valence-electron chi connectivity index (χ3n) is 1.51. The fraction of sp³-hybridized carbons (Fsp3) is 0.200. The van der Waals surface area contributed by atoms with E-state index in [2.05, 4.69) is 29.5 Å². The van der Waals surface area contributed by atoms with Gasteiger partial charge in [-0.05, 0) is 6.07 Å². The smallest absolute Gasteiger partial charge is 0.141 e. The van der Waals surface area contributed by atoms with Gasteiger partial charge in [-0.1, -0.05) is 11.8 Å². The summed E-state index contributed by atoms with van der Waals surface area (Å²) in [5.41, 5.74) is 6.53. The maximum Gasteiger partial charge on any atom is 0.141 e. The minimum absolute atomic E-state index is 0.243. The van der Waals surface area contributed by atoms with Crippen molar-refractivity contribution in [3.8, 4) is 17.9 Å². The van der Waals surface area contributed by atoms with Gasteiger partial charge in [0.15, 0.2) is 0 Å². The summed E-state index contributed by atoms with van der Waals surface area (Å²) >= 11 is 4.03. The molecule has 0 saturated heterocycles. The van der Waals surface area contributed by atoms with E-state index in [4.69, 9.17) is 11.0 Å². The summed E-state index contributed by atoms with van der Waals surface area (Å²) in [6.07, 6.45) is 2.27. The van der Waals surface area contributed by atoms with Crippen molar-refractivity contribution in [2.75, 3.05) is 11.5 Å². The number of nitrogens with two attached hydrogens (primary N) is 1. The molecule has 1 heterocycles. The fourth-order valence-corrected chi connectivity index (χ4v) is 0.966. The average molecular weight is 203 g/mol. The lowest BCUT2D eigenvalue weighted by Gasteiger charge is -1.95. The van der Waals surface area contributed by atoms with Crippen molar-refractivity contribution in [2.24, 2.45) is 0 Å². The van der Waals surface area contributed by atoms with Crippen molar-refractivity contribution in [1.29, 1.82) is 5.26 Å². The van der Waals surface area contributed by atoms with Crippen LogP contribution in [0.4, 0.5) is 5.82 Å². The highest BCUT2D eigenvalue weighted by Crippen LogP contribution is 2.08. The summed E-state index contributed by atoms with van der Waals surface area (Å²) in [5, 5.41) is 8.68. The Labute approximate surface area is 88.4 Å². The van der Waals surface area contributed by atoms with Crippen LogP contribution in [0.3, 0.4) is 0 Å². The van der Waals surface area contributed by atoms with Crippen molar-refractivity contribution >= 4 is 18.4 Å². The molecule has 0 amide bonds. The van der Waals surface area contributed by atoms with Crippen LogP contribution in [0.1, 0.15) is 17.5 Å². The molecule has 4 heteroatoms. The molecular formula is C10H9N3S. The summed E-state index contributed by atoms with van der Waals surface area (Å²) in [4.78, 5) is 3.86. The van der Waals surface area contributed by atoms with Crippen LogP contribution < -0.4 is 5.73 Å². The van der Waals surface area contributed by atoms with Gasteiger partial charge in [-0.25, -0.2) is 4.98 Å². The molecule has 0 aliphatic rings. The lowest BCUT2D eigenvalue weighted by molar-refractivity contribution is 1.28. The van der Waals surface area contributed by atoms with Crippen LogP contribution >= 0.6 is 12.6 Å². The van der Waals surface area contributed by atoms with Crippen LogP contribution in [0.2, 0.25) is 0 Å². The molecule has 0 atom stereocenters. The Balaban J connectivity index is 2.93. The van der Waals surface area contributed by atoms with Crippen molar-refractivity contribution in [3.05, 3.63) is 23.4 Å². The van der Waals surface area contributed by atoms with E-state index in [1.54, 1.807) is 12.3 Å². The number of anilines is 1. The van der Waals surface area contributed by atoms with Gasteiger partial charge in [0, 0.05) is 23.9 Å². The second kappa shape index (κ2) is 5.16. The quantitative estimate of drug-likeness (QED) is 0.532. The van der Waals surface area contributed by atoms with Crippen LogP contribution in [0, 0.1) is 23.2 Å². The summed E-state index contributed by atoms with van der Waals surface area (Å²) in [6, 6.07) is 3.59. The Bertz CT molecular complexity index is 423. The van der Waals surface area contributed by atoms with Crippen LogP contribution in [0.25, 0.3) is 0 Å². The summed E-state index contributed by atoms with van der Waals surface area (Å²) in [7, 11) is 0. The van der Waals surface area contributed by atoms with Crippen molar-refractivity contribution in [3.63, 3.8) is 0 Å². The maximum absolute atomic E-state index is 8.68. The molecule has 2 N–H and O–H groups in total. The molecule has 1 rings (SSSR count). The fourth-order valence-electron chi connectivity index (χ4n) is 0.854. The van der Waals surface area contributed by atoms with Gasteiger partial charge >= 0.3 is 0 Å². The lowest BCUT2D eigenvalue weighted by atomic mass is 10.2. The first-order valence-corrected chi connectivity index (χ1v) is 4.66. The lowest BCUT2D eigenvalue weighted by Crippen LogP contribution is -1.94. The molecule has 0 bridgehead atoms. The maximum atomic E-state index is 8.68. The Morgan fingerprint density at radius 1 is 1.57 bits per heavy atom. The van der Waals surface area contributed by atoms with Gasteiger partial charge in [0.25, 0.3) is 0 Å². The van der Waals surface area contributed by atoms with Crippen LogP contribution in [0.15, 0.2) is 12.3 Å². The van der Waals surface area contributed by atoms with Gasteiger partial charge in [-0.2, -0.15) is 17.9 Å². The number of hydrogen-bond donors (Lipinski definition) is 2. The predicted molar refractivity (Wildman–Crippen MR) is 58.7 cm³/mol. The topological polar surface area (TPSA) is 62.7 Å². The third-order valence-corrected chi connectivity index (χ3v) is 1.73. The van der Waals surface area contributed by atoms with Gasteiger partial charge in [0.2, 0.25) is 0 Å². The molecule has 1 aromatic heterocycles. The molecule has 3 nitrogen and oxygen atoms in total. The first-order valence-electron chi connectivity index (χ1n) is 4.03. The summed E-state index contributed by atoms with van der Waals surface area (Å²) < 4.78 is 0. The molecule has 0 aliphatic heterocycles. The van der Waals surface area contributed by atoms with Gasteiger partial charge in [-0.3, -0.25) is 0 Å². The minimum Gasteiger partial charge on any atom is -0.383 e. The number of nitrogen functional groups attached to an aromatic ring is 1. The average Bonchev–Trinajstić information content (AvgIpc) is 2.21. The van der Waals surface area contributed by atoms with Crippen LogP contribution in [0.5, 0.6) is 0 Å². The van der Waals surface area contributed by atoms with E-state index in [1.807, 2.05) is 6.07 Å². The van der Waals surface area contributed by atoms with Crippen molar-refractivity contribution < 1.29 is 0 Å². The van der Waals surface area contributed by atoms with E-state index in [0.717, 1.165) is 12.2 Å². The highest BCUT2D eigenvalue weighted by molar-refractivity contribution is 7.80. The number of rotatable bonds is 1. The second-order valence-corrected chi connectivity index (χ2v) is 2.99. The van der Waals surface area contributed by atoms with Gasteiger partial charge in [0.1, 0.15) is 11.9 Å². The zero-order chi connectivity index (χ0) is 10.4. The van der Waals surface area contributed by atoms with E-state index in [-0.39, 0.29) is 5.82 Å². The molecule has 1 aromatic rings. The number of hydrogen-bond acceptors (Lipinski definition) is 4. The van der Waals surface area contributed by atoms with E-state index in [1.165, 1.54) is 0 Å². The zero-order valence-corrected chi connectivity index (χ0v) is 8.38. The van der Waals surface area contributed by atoms with Gasteiger partial charge in [0.05, 0.1) is 5.56 Å². The Morgan fingerprint density at radius 3 is 3.00 bits per heavy atom. The zero-order valence-electron chi connectivity index (χ0n) is 7.49. The second-order valence-electron chi connectivity index (χ2n) is 2.54. The van der Waals surface area contributed by atoms with Crippen molar-refractivity contribution in [2.45, 2.75) is 6.42 Å². The largest absolute Gasteiger partial charge is 0.383 e. The molecule has 0 aromatic carbocycles. The Morgan fingerprint density at radius 2 is 2.36 bits per heavy atom. The molecule has 0 radical (unpaired) electrons. The number of nitriles is 1. The standard InChI is InChI=1S/C10H9N3S/c11-6-9-5-8(3-1-2-4-14)7-13-10(9)12/h5,7,14H,2,4H2,(H2,12,13). The van der Waals surface area contributed by atoms with Gasteiger partial charge < -0.3 is 5.73 Å². The van der Waals surface area contributed by atoms with E-state index in [0.29, 0.717) is 11.1 Å². The number of nitrogens with zero attached hydrogens (tertiary/aromatic N) is 2. The summed E-state index contributed by atoms with van der Waals surface area (Å²) in [6.45, 7) is 0. The van der Waals surface area contributed by atoms with Gasteiger partial charge in [-0.15, -0.1) is 0 Å². The molecular weight excluding hydrogens is 194 g/mol. The van der Waals surface area contributed by atoms with Crippen LogP contribution in [-0.2, 0) is 0 Å². The number of aromatic nitrogens is 1. The monoisotopic (exact) mass is 203 g/mol. The minimum atomic E-state index is 0.243. The molecule has 0 aliphatic carbocycles. The Kier molecular flexibility index (Phi) is 3.84. The molecule has 70 valence electrons. The molecule has 0 fully saturated rings. The van der Waals surface area contributed by atoms with E-state index in [9.17, 15) is 0 Å². The Hall–Kier alpha value is -1.65. The van der Waals surface area contributed by atoms with E-state index < -0.39 is 0 Å². The predicted octanol–water partition coefficient (Wildman–Crippen LogP) is 1.21. The third kappa shape index (κ3) is 2.69. The highest BCUT2D eigenvalue weighted by Gasteiger charge is 1.98. The SMILES string of the molecule is N#Cc1cc(C#CCCS)cnc1N. The molecule has 0 saturated carbocycles.